The Morgan fingerprint density at radius 2 is 1.82 bits per heavy atom. The molecule has 6 nitrogen and oxygen atoms in total. The van der Waals surface area contributed by atoms with E-state index in [1.807, 2.05) is 46.8 Å². The summed E-state index contributed by atoms with van der Waals surface area (Å²) in [5, 5.41) is 23.4. The number of carbonyl (C=O) groups excluding carboxylic acids is 1. The summed E-state index contributed by atoms with van der Waals surface area (Å²) in [7, 11) is 1.52. The molecule has 0 radical (unpaired) electrons. The maximum absolute atomic E-state index is 13.9. The first-order valence-corrected chi connectivity index (χ1v) is 12.3. The van der Waals surface area contributed by atoms with Crippen LogP contribution >= 0.6 is 0 Å². The van der Waals surface area contributed by atoms with Gasteiger partial charge in [0.2, 0.25) is 5.79 Å². The third-order valence-corrected chi connectivity index (χ3v) is 9.95. The first-order chi connectivity index (χ1) is 15.2. The highest BCUT2D eigenvalue weighted by molar-refractivity contribution is 5.86. The summed E-state index contributed by atoms with van der Waals surface area (Å²) < 4.78 is 19.4. The van der Waals surface area contributed by atoms with Crippen LogP contribution in [0.25, 0.3) is 0 Å². The van der Waals surface area contributed by atoms with Crippen molar-refractivity contribution in [3.05, 3.63) is 24.3 Å². The van der Waals surface area contributed by atoms with Gasteiger partial charge in [0.15, 0.2) is 5.79 Å². The zero-order chi connectivity index (χ0) is 24.8. The van der Waals surface area contributed by atoms with Crippen molar-refractivity contribution in [2.24, 2.45) is 34.0 Å². The minimum Gasteiger partial charge on any atom is -0.388 e. The standard InChI is InChI=1S/C27H42O6/c1-10-24(7)19(29)13-14-25(8)18-12-11-17(15(2)3)22-26(18,16(4)28)27(31-9,21(30)20(24)25)33-23(5,6)32-22/h13-14,17-22,29-30H,2,10-12H2,1,3-9H3/t17-,18-,19-,20+,21-,22+,24+,25-,26+,27-/m0/s1. The quantitative estimate of drug-likeness (QED) is 0.614. The fourth-order valence-electron chi connectivity index (χ4n) is 8.47. The van der Waals surface area contributed by atoms with Crippen LogP contribution in [0.15, 0.2) is 24.3 Å². The second kappa shape index (κ2) is 7.47. The molecule has 2 N–H and O–H groups in total. The molecule has 186 valence electrons. The lowest BCUT2D eigenvalue weighted by atomic mass is 9.36. The second-order valence-corrected chi connectivity index (χ2v) is 11.9. The van der Waals surface area contributed by atoms with Gasteiger partial charge in [0.05, 0.1) is 12.2 Å². The topological polar surface area (TPSA) is 85.2 Å². The lowest BCUT2D eigenvalue weighted by molar-refractivity contribution is -0.496. The second-order valence-electron chi connectivity index (χ2n) is 11.9. The van der Waals surface area contributed by atoms with E-state index in [-0.39, 0.29) is 23.5 Å². The van der Waals surface area contributed by atoms with Gasteiger partial charge in [-0.2, -0.15) is 0 Å². The van der Waals surface area contributed by atoms with Gasteiger partial charge in [-0.05, 0) is 58.3 Å². The molecule has 0 aromatic heterocycles. The molecule has 0 bridgehead atoms. The summed E-state index contributed by atoms with van der Waals surface area (Å²) in [5.41, 5.74) is -1.46. The van der Waals surface area contributed by atoms with Crippen molar-refractivity contribution in [3.8, 4) is 0 Å². The highest BCUT2D eigenvalue weighted by atomic mass is 16.8. The normalized spacial score (nSPS) is 52.5. The summed E-state index contributed by atoms with van der Waals surface area (Å²) in [6.07, 6.45) is 3.70. The monoisotopic (exact) mass is 462 g/mol. The SMILES string of the molecule is C=C(C)[C@@H]1CC[C@H]2[C@]3(C)C=C[C@H](O)[C@@](C)(CC)[C@H]3[C@H](O)[C@]3(OC)OC(C)(C)O[C@H]1[C@@]23C(C)=O. The number of fused-ring (bicyclic) bond motifs is 2. The number of ketones is 1. The molecule has 10 atom stereocenters. The molecule has 0 aromatic rings. The Bertz CT molecular complexity index is 880. The van der Waals surface area contributed by atoms with E-state index in [0.717, 1.165) is 18.4 Å². The van der Waals surface area contributed by atoms with Gasteiger partial charge in [-0.3, -0.25) is 4.79 Å². The number of allylic oxidation sites excluding steroid dienone is 1. The molecule has 6 heteroatoms. The van der Waals surface area contributed by atoms with Gasteiger partial charge in [0, 0.05) is 24.4 Å². The minimum atomic E-state index is -1.62. The van der Waals surface area contributed by atoms with Crippen molar-refractivity contribution in [3.63, 3.8) is 0 Å². The fraction of sp³-hybridized carbons (Fsp3) is 0.815. The molecule has 0 aromatic carbocycles. The first kappa shape index (κ1) is 25.1. The number of aliphatic hydroxyl groups is 2. The lowest BCUT2D eigenvalue weighted by Crippen LogP contribution is -2.84. The summed E-state index contributed by atoms with van der Waals surface area (Å²) in [4.78, 5) is 13.9. The van der Waals surface area contributed by atoms with E-state index in [1.165, 1.54) is 7.11 Å². The number of methoxy groups -OCH3 is 1. The van der Waals surface area contributed by atoms with Crippen LogP contribution in [0.3, 0.4) is 0 Å². The van der Waals surface area contributed by atoms with E-state index in [1.54, 1.807) is 6.92 Å². The van der Waals surface area contributed by atoms with Crippen molar-refractivity contribution in [2.75, 3.05) is 7.11 Å². The molecule has 0 unspecified atom stereocenters. The molecule has 1 heterocycles. The Kier molecular flexibility index (Phi) is 5.67. The van der Waals surface area contributed by atoms with Crippen LogP contribution in [0, 0.1) is 34.0 Å². The van der Waals surface area contributed by atoms with Gasteiger partial charge in [-0.1, -0.05) is 45.1 Å². The number of aliphatic hydroxyl groups excluding tert-OH is 2. The van der Waals surface area contributed by atoms with Gasteiger partial charge in [0.1, 0.15) is 17.3 Å². The van der Waals surface area contributed by atoms with Crippen LogP contribution in [0.1, 0.15) is 67.7 Å². The fourth-order valence-corrected chi connectivity index (χ4v) is 8.47. The van der Waals surface area contributed by atoms with Gasteiger partial charge in [-0.15, -0.1) is 0 Å². The third kappa shape index (κ3) is 2.82. The smallest absolute Gasteiger partial charge is 0.213 e. The maximum atomic E-state index is 13.9. The largest absolute Gasteiger partial charge is 0.388 e. The molecule has 33 heavy (non-hydrogen) atoms. The van der Waals surface area contributed by atoms with E-state index in [9.17, 15) is 15.0 Å². The Morgan fingerprint density at radius 3 is 2.33 bits per heavy atom. The molecule has 4 rings (SSSR count). The Morgan fingerprint density at radius 1 is 1.18 bits per heavy atom. The van der Waals surface area contributed by atoms with Crippen LogP contribution in [0.5, 0.6) is 0 Å². The van der Waals surface area contributed by atoms with Gasteiger partial charge >= 0.3 is 0 Å². The molecule has 2 saturated carbocycles. The predicted octanol–water partition coefficient (Wildman–Crippen LogP) is 4.00. The number of carbonyl (C=O) groups is 1. The molecule has 1 saturated heterocycles. The van der Waals surface area contributed by atoms with Gasteiger partial charge in [0.25, 0.3) is 0 Å². The molecule has 0 amide bonds. The van der Waals surface area contributed by atoms with Crippen molar-refractivity contribution < 1.29 is 29.2 Å². The van der Waals surface area contributed by atoms with Crippen LogP contribution in [-0.2, 0) is 19.0 Å². The Hall–Kier alpha value is -1.05. The molecular weight excluding hydrogens is 420 g/mol. The molecular formula is C27H42O6. The zero-order valence-corrected chi connectivity index (χ0v) is 21.5. The van der Waals surface area contributed by atoms with Gasteiger partial charge < -0.3 is 24.4 Å². The zero-order valence-electron chi connectivity index (χ0n) is 21.5. The lowest BCUT2D eigenvalue weighted by Gasteiger charge is -2.74. The van der Waals surface area contributed by atoms with Gasteiger partial charge in [-0.25, -0.2) is 0 Å². The third-order valence-electron chi connectivity index (χ3n) is 9.95. The predicted molar refractivity (Wildman–Crippen MR) is 125 cm³/mol. The summed E-state index contributed by atoms with van der Waals surface area (Å²) in [5.74, 6) is -3.46. The summed E-state index contributed by atoms with van der Waals surface area (Å²) in [6, 6.07) is 0. The minimum absolute atomic E-state index is 0.0640. The van der Waals surface area contributed by atoms with Crippen molar-refractivity contribution in [1.29, 1.82) is 0 Å². The number of hydrogen-bond donors (Lipinski definition) is 2. The molecule has 4 aliphatic rings. The summed E-state index contributed by atoms with van der Waals surface area (Å²) in [6.45, 7) is 17.6. The number of rotatable bonds is 4. The number of Topliss-reactive ketones (excluding diaryl/α,β-unsaturated/α-hetero) is 1. The Labute approximate surface area is 198 Å². The van der Waals surface area contributed by atoms with Crippen LogP contribution in [0.2, 0.25) is 0 Å². The van der Waals surface area contributed by atoms with Crippen LogP contribution < -0.4 is 0 Å². The molecule has 0 spiro atoms. The molecule has 3 fully saturated rings. The molecule has 1 aliphatic heterocycles. The van der Waals surface area contributed by atoms with E-state index in [4.69, 9.17) is 14.2 Å². The van der Waals surface area contributed by atoms with E-state index >= 15 is 0 Å². The average Bonchev–Trinajstić information content (AvgIpc) is 2.73. The maximum Gasteiger partial charge on any atom is 0.213 e. The highest BCUT2D eigenvalue weighted by Gasteiger charge is 2.82. The highest BCUT2D eigenvalue weighted by Crippen LogP contribution is 2.73. The summed E-state index contributed by atoms with van der Waals surface area (Å²) >= 11 is 0. The number of hydrogen-bond acceptors (Lipinski definition) is 6. The van der Waals surface area contributed by atoms with E-state index in [0.29, 0.717) is 6.42 Å². The van der Waals surface area contributed by atoms with Crippen molar-refractivity contribution in [1.82, 2.24) is 0 Å². The van der Waals surface area contributed by atoms with Crippen LogP contribution in [0.4, 0.5) is 0 Å². The van der Waals surface area contributed by atoms with E-state index < -0.39 is 46.1 Å². The van der Waals surface area contributed by atoms with Crippen molar-refractivity contribution in [2.45, 2.75) is 97.6 Å². The average molecular weight is 463 g/mol. The van der Waals surface area contributed by atoms with E-state index in [2.05, 4.69) is 13.5 Å². The number of ether oxygens (including phenoxy) is 3. The van der Waals surface area contributed by atoms with Crippen molar-refractivity contribution >= 4 is 5.78 Å². The first-order valence-electron chi connectivity index (χ1n) is 12.3. The molecule has 3 aliphatic carbocycles. The Balaban J connectivity index is 2.09. The van der Waals surface area contributed by atoms with Crippen LogP contribution in [-0.4, -0.2) is 53.0 Å².